The van der Waals surface area contributed by atoms with Gasteiger partial charge in [0.2, 0.25) is 5.91 Å². The highest BCUT2D eigenvalue weighted by molar-refractivity contribution is 6.35. The number of fused-ring (bicyclic) bond motifs is 5. The SMILES string of the molecule is CNC(=O)O[C@H]1CC(=O)N([C@H]2O[C@@H](CO)[C@H](OC(N)=O)[C@@H](O)[C@@H]2O)c2cc(cc(O)c2Cl)C/C(C)=C/C=C/[C@@H](OC)[C@@]2(O)C[C@H](OC(=O)N2)[C@@H](C)[C@H]2O[C@@]12C. The van der Waals surface area contributed by atoms with Gasteiger partial charge in [-0.1, -0.05) is 42.3 Å². The van der Waals surface area contributed by atoms with Gasteiger partial charge in [-0.05, 0) is 38.0 Å². The van der Waals surface area contributed by atoms with Crippen molar-refractivity contribution < 1.29 is 73.1 Å². The number of primary amides is 1. The Labute approximate surface area is 320 Å². The van der Waals surface area contributed by atoms with Gasteiger partial charge in [0, 0.05) is 26.5 Å². The number of aliphatic hydroxyl groups excluding tert-OH is 3. The summed E-state index contributed by atoms with van der Waals surface area (Å²) in [5, 5.41) is 59.8. The van der Waals surface area contributed by atoms with E-state index >= 15 is 0 Å². The lowest BCUT2D eigenvalue weighted by atomic mass is 9.83. The molecule has 20 heteroatoms. The molecule has 0 aromatic heterocycles. The summed E-state index contributed by atoms with van der Waals surface area (Å²) in [7, 11) is 2.66. The van der Waals surface area contributed by atoms with E-state index in [0.29, 0.717) is 11.1 Å². The largest absolute Gasteiger partial charge is 0.506 e. The first-order chi connectivity index (χ1) is 25.9. The van der Waals surface area contributed by atoms with Crippen molar-refractivity contribution in [2.45, 2.75) is 106 Å². The van der Waals surface area contributed by atoms with Crippen LogP contribution in [0.25, 0.3) is 0 Å². The molecular formula is C35H47ClN4O15. The van der Waals surface area contributed by atoms with Crippen LogP contribution in [-0.4, -0.2) is 137 Å². The van der Waals surface area contributed by atoms with E-state index in [2.05, 4.69) is 10.6 Å². The van der Waals surface area contributed by atoms with Gasteiger partial charge < -0.3 is 65.0 Å². The number of amides is 4. The van der Waals surface area contributed by atoms with Gasteiger partial charge in [-0.3, -0.25) is 15.0 Å². The summed E-state index contributed by atoms with van der Waals surface area (Å²) in [5.74, 6) is -2.07. The Balaban J connectivity index is 1.66. The number of carbonyl (C=O) groups is 4. The van der Waals surface area contributed by atoms with Crippen LogP contribution in [0.2, 0.25) is 5.02 Å². The van der Waals surface area contributed by atoms with Crippen molar-refractivity contribution in [3.05, 3.63) is 46.5 Å². The molecule has 9 N–H and O–H groups in total. The van der Waals surface area contributed by atoms with Crippen molar-refractivity contribution in [2.75, 3.05) is 25.7 Å². The Bertz CT molecular complexity index is 1710. The minimum absolute atomic E-state index is 0.148. The lowest BCUT2D eigenvalue weighted by Gasteiger charge is -2.45. The van der Waals surface area contributed by atoms with Crippen molar-refractivity contribution >= 4 is 41.5 Å². The third-order valence-corrected chi connectivity index (χ3v) is 10.7. The zero-order valence-electron chi connectivity index (χ0n) is 30.7. The van der Waals surface area contributed by atoms with Crippen LogP contribution >= 0.6 is 11.6 Å². The van der Waals surface area contributed by atoms with E-state index in [1.165, 1.54) is 26.3 Å². The number of carbonyl (C=O) groups excluding carboxylic acids is 4. The summed E-state index contributed by atoms with van der Waals surface area (Å²) in [6, 6.07) is 2.78. The van der Waals surface area contributed by atoms with Gasteiger partial charge in [-0.15, -0.1) is 0 Å². The Hall–Kier alpha value is -4.21. The van der Waals surface area contributed by atoms with Gasteiger partial charge in [0.25, 0.3) is 0 Å². The molecule has 5 rings (SSSR count). The fraction of sp³-hybridized carbons (Fsp3) is 0.600. The van der Waals surface area contributed by atoms with Gasteiger partial charge in [0.05, 0.1) is 24.8 Å². The zero-order chi connectivity index (χ0) is 40.6. The third-order valence-electron chi connectivity index (χ3n) is 10.3. The molecule has 3 saturated heterocycles. The molecule has 304 valence electrons. The molecule has 4 amide bonds. The molecule has 1 aromatic carbocycles. The predicted molar refractivity (Wildman–Crippen MR) is 190 cm³/mol. The molecule has 19 nitrogen and oxygen atoms in total. The van der Waals surface area contributed by atoms with E-state index in [0.717, 1.165) is 4.90 Å². The molecule has 0 unspecified atom stereocenters. The summed E-state index contributed by atoms with van der Waals surface area (Å²) in [5.41, 5.74) is 2.72. The molecule has 1 aromatic rings. The van der Waals surface area contributed by atoms with Crippen LogP contribution in [0.4, 0.5) is 20.1 Å². The number of hydrogen-bond donors (Lipinski definition) is 8. The Kier molecular flexibility index (Phi) is 12.6. The zero-order valence-corrected chi connectivity index (χ0v) is 31.5. The number of nitrogens with zero attached hydrogens (tertiary/aromatic N) is 1. The fourth-order valence-electron chi connectivity index (χ4n) is 7.39. The number of alkyl carbamates (subject to hydrolysis) is 2. The number of aliphatic hydroxyl groups is 4. The summed E-state index contributed by atoms with van der Waals surface area (Å²) in [6.45, 7) is 4.15. The summed E-state index contributed by atoms with van der Waals surface area (Å²) >= 11 is 6.65. The van der Waals surface area contributed by atoms with Crippen LogP contribution in [0.5, 0.6) is 5.75 Å². The third kappa shape index (κ3) is 8.63. The number of benzene rings is 1. The smallest absolute Gasteiger partial charge is 0.409 e. The number of anilines is 1. The summed E-state index contributed by atoms with van der Waals surface area (Å²) in [6.07, 6.45) is -12.3. The molecule has 55 heavy (non-hydrogen) atoms. The van der Waals surface area contributed by atoms with Gasteiger partial charge in [0.1, 0.15) is 53.0 Å². The average Bonchev–Trinajstić information content (AvgIpc) is 3.82. The number of phenols is 1. The monoisotopic (exact) mass is 798 g/mol. The lowest BCUT2D eigenvalue weighted by Crippen LogP contribution is -2.65. The van der Waals surface area contributed by atoms with Crippen molar-refractivity contribution in [3.63, 3.8) is 0 Å². The van der Waals surface area contributed by atoms with Crippen LogP contribution in [0.1, 0.15) is 39.2 Å². The second kappa shape index (κ2) is 16.5. The maximum Gasteiger partial charge on any atom is 0.409 e. The molecular weight excluding hydrogens is 752 g/mol. The first-order valence-electron chi connectivity index (χ1n) is 17.4. The van der Waals surface area contributed by atoms with E-state index in [1.54, 1.807) is 39.0 Å². The normalized spacial score (nSPS) is 38.3. The highest BCUT2D eigenvalue weighted by Crippen LogP contribution is 2.49. The maximum absolute atomic E-state index is 14.7. The van der Waals surface area contributed by atoms with Crippen molar-refractivity contribution in [1.82, 2.24) is 10.6 Å². The molecule has 4 heterocycles. The topological polar surface area (TPSA) is 281 Å². The molecule has 4 aliphatic rings. The molecule has 0 radical (unpaired) electrons. The molecule has 4 aliphatic heterocycles. The van der Waals surface area contributed by atoms with E-state index in [-0.39, 0.29) is 23.6 Å². The molecule has 0 spiro atoms. The summed E-state index contributed by atoms with van der Waals surface area (Å²) in [4.78, 5) is 52.7. The highest BCUT2D eigenvalue weighted by Gasteiger charge is 2.65. The number of halogens is 1. The molecule has 12 atom stereocenters. The lowest BCUT2D eigenvalue weighted by molar-refractivity contribution is -0.227. The average molecular weight is 799 g/mol. The Morgan fingerprint density at radius 3 is 2.55 bits per heavy atom. The van der Waals surface area contributed by atoms with Crippen molar-refractivity contribution in [3.8, 4) is 5.75 Å². The number of hydrogen-bond acceptors (Lipinski definition) is 15. The number of phenolic OH excluding ortho intramolecular Hbond substituents is 1. The number of nitrogens with two attached hydrogens (primary N) is 1. The molecule has 4 bridgehead atoms. The fourth-order valence-corrected chi connectivity index (χ4v) is 7.59. The number of ether oxygens (including phenoxy) is 6. The molecule has 3 fully saturated rings. The predicted octanol–water partition coefficient (Wildman–Crippen LogP) is 0.451. The van der Waals surface area contributed by atoms with Gasteiger partial charge in [-0.25, -0.2) is 14.4 Å². The molecule has 0 aliphatic carbocycles. The first kappa shape index (κ1) is 41.9. The number of aromatic hydroxyl groups is 1. The minimum Gasteiger partial charge on any atom is -0.506 e. The van der Waals surface area contributed by atoms with E-state index in [4.69, 9.17) is 45.8 Å². The number of methoxy groups -OCH3 is 1. The van der Waals surface area contributed by atoms with Crippen LogP contribution in [0.15, 0.2) is 35.9 Å². The van der Waals surface area contributed by atoms with Crippen molar-refractivity contribution in [2.24, 2.45) is 11.7 Å². The van der Waals surface area contributed by atoms with Crippen LogP contribution < -0.4 is 21.3 Å². The quantitative estimate of drug-likeness (QED) is 0.148. The number of nitrogens with one attached hydrogen (secondary N) is 2. The number of epoxide rings is 1. The number of allylic oxidation sites excluding steroid dienone is 3. The van der Waals surface area contributed by atoms with Crippen molar-refractivity contribution in [1.29, 1.82) is 0 Å². The first-order valence-corrected chi connectivity index (χ1v) is 17.8. The van der Waals surface area contributed by atoms with Gasteiger partial charge in [-0.2, -0.15) is 0 Å². The van der Waals surface area contributed by atoms with Crippen LogP contribution in [0.3, 0.4) is 0 Å². The Morgan fingerprint density at radius 1 is 1.20 bits per heavy atom. The van der Waals surface area contributed by atoms with E-state index in [1.807, 2.05) is 0 Å². The summed E-state index contributed by atoms with van der Waals surface area (Å²) < 4.78 is 33.8. The van der Waals surface area contributed by atoms with E-state index < -0.39 is 115 Å². The van der Waals surface area contributed by atoms with E-state index in [9.17, 15) is 44.7 Å². The second-order valence-corrected chi connectivity index (χ2v) is 14.6. The van der Waals surface area contributed by atoms with Gasteiger partial charge >= 0.3 is 18.3 Å². The Morgan fingerprint density at radius 2 is 1.91 bits per heavy atom. The maximum atomic E-state index is 14.7. The van der Waals surface area contributed by atoms with Crippen LogP contribution in [0, 0.1) is 5.92 Å². The van der Waals surface area contributed by atoms with Crippen LogP contribution in [-0.2, 0) is 39.6 Å². The second-order valence-electron chi connectivity index (χ2n) is 14.2. The minimum atomic E-state index is -2.03. The highest BCUT2D eigenvalue weighted by atomic mass is 35.5. The standard InChI is InChI=1S/C35H47ClN4O15/c1-15-7-6-8-22(50-5)35(49)13-20(52-33(48)39-35)16(2)29-34(3,55-29)23(53-32(47)38-4)12-24(43)40(18-10-17(9-15)11-19(42)25(18)36)30-27(45)26(44)28(54-31(37)46)21(14-41)51-30/h6-8,10-11,16,20-23,26-30,41-42,44-45,49H,9,12-14H2,1-5H3,(H2,37,46)(H,38,47)(H,39,48)/b8-6+,15-7+/t16-,20+,21+,22-,23+,26+,27+,28+,29-,30+,34+,35+/m1/s1. The number of rotatable bonds is 5. The van der Waals surface area contributed by atoms with Gasteiger partial charge in [0.15, 0.2) is 18.1 Å². The molecule has 0 saturated carbocycles.